The topological polar surface area (TPSA) is 32.3 Å². The molecule has 0 unspecified atom stereocenters. The van der Waals surface area contributed by atoms with Gasteiger partial charge in [-0.05, 0) is 37.0 Å². The summed E-state index contributed by atoms with van der Waals surface area (Å²) >= 11 is 0. The molecule has 2 nitrogen and oxygen atoms in total. The van der Waals surface area contributed by atoms with Crippen molar-refractivity contribution in [3.8, 4) is 0 Å². The third-order valence-electron chi connectivity index (χ3n) is 3.35. The van der Waals surface area contributed by atoms with Crippen LogP contribution in [0.4, 0.5) is 13.2 Å². The molecule has 1 aromatic rings. The summed E-state index contributed by atoms with van der Waals surface area (Å²) in [5.74, 6) is 0. The molecule has 0 spiro atoms. The minimum atomic E-state index is -4.28. The van der Waals surface area contributed by atoms with E-state index in [1.54, 1.807) is 0 Å². The van der Waals surface area contributed by atoms with Crippen LogP contribution in [0.2, 0.25) is 0 Å². The van der Waals surface area contributed by atoms with E-state index in [-0.39, 0.29) is 0 Å². The Kier molecular flexibility index (Phi) is 3.64. The molecular formula is C13H16F3NO. The van der Waals surface area contributed by atoms with Crippen molar-refractivity contribution in [1.82, 2.24) is 5.32 Å². The number of hydrogen-bond acceptors (Lipinski definition) is 2. The Labute approximate surface area is 104 Å². The largest absolute Gasteiger partial charge is 0.416 e. The Morgan fingerprint density at radius 1 is 1.17 bits per heavy atom. The summed E-state index contributed by atoms with van der Waals surface area (Å²) in [5, 5.41) is 12.9. The Morgan fingerprint density at radius 2 is 1.78 bits per heavy atom. The van der Waals surface area contributed by atoms with E-state index in [1.807, 2.05) is 0 Å². The minimum Gasteiger partial charge on any atom is -0.389 e. The van der Waals surface area contributed by atoms with Gasteiger partial charge < -0.3 is 10.4 Å². The summed E-state index contributed by atoms with van der Waals surface area (Å²) in [6.45, 7) is 0.967. The van der Waals surface area contributed by atoms with Gasteiger partial charge >= 0.3 is 6.18 Å². The molecule has 0 atom stereocenters. The number of aliphatic hydroxyl groups is 1. The van der Waals surface area contributed by atoms with Gasteiger partial charge in [0.25, 0.3) is 0 Å². The molecule has 100 valence electrons. The number of rotatable bonds is 4. The number of halogens is 3. The number of benzene rings is 1. The van der Waals surface area contributed by atoms with Crippen LogP contribution < -0.4 is 5.32 Å². The zero-order chi connectivity index (χ0) is 13.2. The second-order valence-corrected chi connectivity index (χ2v) is 4.88. The van der Waals surface area contributed by atoms with Crippen molar-refractivity contribution in [2.75, 3.05) is 6.54 Å². The second-order valence-electron chi connectivity index (χ2n) is 4.88. The highest BCUT2D eigenvalue weighted by Crippen LogP contribution is 2.31. The summed E-state index contributed by atoms with van der Waals surface area (Å²) < 4.78 is 37.0. The lowest BCUT2D eigenvalue weighted by atomic mass is 9.80. The van der Waals surface area contributed by atoms with E-state index < -0.39 is 17.3 Å². The van der Waals surface area contributed by atoms with Crippen LogP contribution in [0, 0.1) is 0 Å². The lowest BCUT2D eigenvalue weighted by Crippen LogP contribution is -2.45. The third kappa shape index (κ3) is 3.23. The van der Waals surface area contributed by atoms with E-state index >= 15 is 0 Å². The molecule has 0 amide bonds. The van der Waals surface area contributed by atoms with Crippen LogP contribution in [0.15, 0.2) is 24.3 Å². The molecule has 1 saturated carbocycles. The molecule has 2 rings (SSSR count). The number of hydrogen-bond donors (Lipinski definition) is 2. The third-order valence-corrected chi connectivity index (χ3v) is 3.35. The molecule has 1 aliphatic rings. The molecule has 1 aromatic carbocycles. The van der Waals surface area contributed by atoms with Gasteiger partial charge in [0.05, 0.1) is 11.2 Å². The molecular weight excluding hydrogens is 243 g/mol. The zero-order valence-corrected chi connectivity index (χ0v) is 9.93. The van der Waals surface area contributed by atoms with Gasteiger partial charge in [-0.25, -0.2) is 0 Å². The number of alkyl halides is 3. The summed E-state index contributed by atoms with van der Waals surface area (Å²) in [4.78, 5) is 0. The first-order chi connectivity index (χ1) is 8.39. The average Bonchev–Trinajstić information content (AvgIpc) is 2.26. The predicted molar refractivity (Wildman–Crippen MR) is 62.0 cm³/mol. The summed E-state index contributed by atoms with van der Waals surface area (Å²) in [7, 11) is 0. The van der Waals surface area contributed by atoms with E-state index in [4.69, 9.17) is 0 Å². The maximum Gasteiger partial charge on any atom is 0.416 e. The fourth-order valence-electron chi connectivity index (χ4n) is 2.01. The molecule has 0 bridgehead atoms. The van der Waals surface area contributed by atoms with Crippen LogP contribution in [0.5, 0.6) is 0 Å². The molecule has 18 heavy (non-hydrogen) atoms. The van der Waals surface area contributed by atoms with Crippen molar-refractivity contribution in [3.05, 3.63) is 35.4 Å². The van der Waals surface area contributed by atoms with Crippen LogP contribution in [0.25, 0.3) is 0 Å². The lowest BCUT2D eigenvalue weighted by Gasteiger charge is -2.36. The van der Waals surface area contributed by atoms with Crippen molar-refractivity contribution >= 4 is 0 Å². The van der Waals surface area contributed by atoms with E-state index in [0.29, 0.717) is 13.1 Å². The fourth-order valence-corrected chi connectivity index (χ4v) is 2.01. The van der Waals surface area contributed by atoms with Crippen LogP contribution >= 0.6 is 0 Å². The van der Waals surface area contributed by atoms with E-state index in [1.165, 1.54) is 12.1 Å². The van der Waals surface area contributed by atoms with Crippen LogP contribution in [0.3, 0.4) is 0 Å². The first kappa shape index (κ1) is 13.4. The van der Waals surface area contributed by atoms with E-state index in [9.17, 15) is 18.3 Å². The maximum absolute atomic E-state index is 12.3. The number of nitrogens with one attached hydrogen (secondary N) is 1. The minimum absolute atomic E-state index is 0.473. The molecule has 5 heteroatoms. The average molecular weight is 259 g/mol. The van der Waals surface area contributed by atoms with Crippen molar-refractivity contribution in [2.24, 2.45) is 0 Å². The van der Waals surface area contributed by atoms with Gasteiger partial charge in [-0.1, -0.05) is 12.1 Å². The van der Waals surface area contributed by atoms with Gasteiger partial charge in [0.1, 0.15) is 0 Å². The van der Waals surface area contributed by atoms with Gasteiger partial charge in [0.15, 0.2) is 0 Å². The molecule has 2 N–H and O–H groups in total. The summed E-state index contributed by atoms with van der Waals surface area (Å²) in [6, 6.07) is 5.07. The van der Waals surface area contributed by atoms with Crippen LogP contribution in [-0.2, 0) is 12.7 Å². The molecule has 1 aliphatic carbocycles. The highest BCUT2D eigenvalue weighted by molar-refractivity contribution is 5.24. The highest BCUT2D eigenvalue weighted by Gasteiger charge is 2.33. The van der Waals surface area contributed by atoms with Gasteiger partial charge in [0.2, 0.25) is 0 Å². The van der Waals surface area contributed by atoms with Crippen molar-refractivity contribution < 1.29 is 18.3 Å². The fraction of sp³-hybridized carbons (Fsp3) is 0.538. The molecule has 0 saturated heterocycles. The quantitative estimate of drug-likeness (QED) is 0.871. The molecule has 0 aromatic heterocycles. The Morgan fingerprint density at radius 3 is 2.22 bits per heavy atom. The van der Waals surface area contributed by atoms with Crippen LogP contribution in [0.1, 0.15) is 30.4 Å². The molecule has 0 aliphatic heterocycles. The van der Waals surface area contributed by atoms with Gasteiger partial charge in [-0.2, -0.15) is 13.2 Å². The summed E-state index contributed by atoms with van der Waals surface area (Å²) in [5.41, 5.74) is -0.457. The summed E-state index contributed by atoms with van der Waals surface area (Å²) in [6.07, 6.45) is -1.65. The molecule has 0 radical (unpaired) electrons. The first-order valence-corrected chi connectivity index (χ1v) is 5.98. The second kappa shape index (κ2) is 4.90. The highest BCUT2D eigenvalue weighted by atomic mass is 19.4. The Hall–Kier alpha value is -1.07. The smallest absolute Gasteiger partial charge is 0.389 e. The SMILES string of the molecule is OC1(CNCc2ccc(C(F)(F)F)cc2)CCC1. The standard InChI is InChI=1S/C13H16F3NO/c14-13(15,16)11-4-2-10(3-5-11)8-17-9-12(18)6-1-7-12/h2-5,17-18H,1,6-9H2. The van der Waals surface area contributed by atoms with E-state index in [2.05, 4.69) is 5.32 Å². The zero-order valence-electron chi connectivity index (χ0n) is 9.93. The normalized spacial score (nSPS) is 18.4. The van der Waals surface area contributed by atoms with E-state index in [0.717, 1.165) is 37.0 Å². The molecule has 1 fully saturated rings. The maximum atomic E-state index is 12.3. The Bertz CT molecular complexity index is 396. The van der Waals surface area contributed by atoms with Crippen molar-refractivity contribution in [1.29, 1.82) is 0 Å². The predicted octanol–water partition coefficient (Wildman–Crippen LogP) is 2.71. The molecule has 0 heterocycles. The van der Waals surface area contributed by atoms with Crippen LogP contribution in [-0.4, -0.2) is 17.3 Å². The van der Waals surface area contributed by atoms with Crippen molar-refractivity contribution in [3.63, 3.8) is 0 Å². The van der Waals surface area contributed by atoms with Crippen molar-refractivity contribution in [2.45, 2.75) is 37.6 Å². The lowest BCUT2D eigenvalue weighted by molar-refractivity contribution is -0.137. The van der Waals surface area contributed by atoms with Gasteiger partial charge in [-0.3, -0.25) is 0 Å². The first-order valence-electron chi connectivity index (χ1n) is 5.98. The van der Waals surface area contributed by atoms with Gasteiger partial charge in [-0.15, -0.1) is 0 Å². The Balaban J connectivity index is 1.83. The monoisotopic (exact) mass is 259 g/mol. The van der Waals surface area contributed by atoms with Gasteiger partial charge in [0, 0.05) is 13.1 Å².